The maximum absolute atomic E-state index is 6.10. The summed E-state index contributed by atoms with van der Waals surface area (Å²) in [5.74, 6) is 1.26. The molecule has 2 unspecified atom stereocenters. The number of nitrogens with two attached hydrogens (primary N) is 1. The molecule has 3 heterocycles. The van der Waals surface area contributed by atoms with Gasteiger partial charge in [0.05, 0.1) is 15.2 Å². The topological polar surface area (TPSA) is 68.2 Å². The Morgan fingerprint density at radius 2 is 2.33 bits per heavy atom. The molecule has 1 aliphatic rings. The number of likely N-dealkylation sites (tertiary alicyclic amines) is 1. The molecular weight excluding hydrogens is 352 g/mol. The molecule has 3 rings (SSSR count). The van der Waals surface area contributed by atoms with Crippen molar-refractivity contribution in [1.82, 2.24) is 15.1 Å². The van der Waals surface area contributed by atoms with Crippen molar-refractivity contribution in [2.45, 2.75) is 44.8 Å². The number of rotatable bonds is 4. The Kier molecular flexibility index (Phi) is 4.73. The van der Waals surface area contributed by atoms with E-state index in [1.54, 1.807) is 11.3 Å². The predicted octanol–water partition coefficient (Wildman–Crippen LogP) is 3.26. The van der Waals surface area contributed by atoms with E-state index in [0.717, 1.165) is 21.6 Å². The Morgan fingerprint density at radius 3 is 3.05 bits per heavy atom. The van der Waals surface area contributed by atoms with Crippen molar-refractivity contribution in [3.05, 3.63) is 21.8 Å². The van der Waals surface area contributed by atoms with Crippen molar-refractivity contribution in [3.63, 3.8) is 0 Å². The smallest absolute Gasteiger partial charge is 0.257 e. The van der Waals surface area contributed by atoms with E-state index >= 15 is 0 Å². The van der Waals surface area contributed by atoms with Crippen LogP contribution in [-0.4, -0.2) is 33.7 Å². The summed E-state index contributed by atoms with van der Waals surface area (Å²) in [6, 6.07) is 4.55. The first-order valence-corrected chi connectivity index (χ1v) is 8.82. The monoisotopic (exact) mass is 370 g/mol. The molecule has 0 aromatic carbocycles. The molecule has 0 amide bonds. The van der Waals surface area contributed by atoms with Gasteiger partial charge in [0.1, 0.15) is 0 Å². The van der Waals surface area contributed by atoms with Gasteiger partial charge >= 0.3 is 0 Å². The average molecular weight is 371 g/mol. The molecular formula is C14H19BrN4OS. The van der Waals surface area contributed by atoms with Crippen LogP contribution in [0.3, 0.4) is 0 Å². The minimum Gasteiger partial charge on any atom is -0.419 e. The van der Waals surface area contributed by atoms with Crippen LogP contribution < -0.4 is 5.73 Å². The van der Waals surface area contributed by atoms with Crippen LogP contribution in [0.25, 0.3) is 10.8 Å². The van der Waals surface area contributed by atoms with Gasteiger partial charge in [-0.15, -0.1) is 21.5 Å². The molecule has 2 atom stereocenters. The van der Waals surface area contributed by atoms with Gasteiger partial charge in [-0.1, -0.05) is 6.42 Å². The fourth-order valence-electron chi connectivity index (χ4n) is 2.83. The lowest BCUT2D eigenvalue weighted by Gasteiger charge is -2.37. The van der Waals surface area contributed by atoms with E-state index in [-0.39, 0.29) is 6.04 Å². The second kappa shape index (κ2) is 6.56. The molecule has 7 heteroatoms. The number of thiophene rings is 1. The summed E-state index contributed by atoms with van der Waals surface area (Å²) in [7, 11) is 0. The molecule has 0 aliphatic carbocycles. The summed E-state index contributed by atoms with van der Waals surface area (Å²) >= 11 is 5.04. The first-order chi connectivity index (χ1) is 10.1. The van der Waals surface area contributed by atoms with Gasteiger partial charge in [0, 0.05) is 12.1 Å². The van der Waals surface area contributed by atoms with Gasteiger partial charge in [0.15, 0.2) is 0 Å². The largest absolute Gasteiger partial charge is 0.419 e. The van der Waals surface area contributed by atoms with Crippen molar-refractivity contribution >= 4 is 27.3 Å². The zero-order valence-corrected chi connectivity index (χ0v) is 14.4. The van der Waals surface area contributed by atoms with E-state index in [1.807, 2.05) is 12.1 Å². The molecule has 2 aromatic rings. The Hall–Kier alpha value is -0.760. The van der Waals surface area contributed by atoms with E-state index in [1.165, 1.54) is 12.8 Å². The molecule has 1 fully saturated rings. The van der Waals surface area contributed by atoms with Crippen LogP contribution in [0, 0.1) is 0 Å². The lowest BCUT2D eigenvalue weighted by atomic mass is 9.97. The van der Waals surface area contributed by atoms with Gasteiger partial charge < -0.3 is 10.2 Å². The van der Waals surface area contributed by atoms with E-state index in [4.69, 9.17) is 10.2 Å². The zero-order valence-electron chi connectivity index (χ0n) is 12.0. The molecule has 0 spiro atoms. The molecule has 1 saturated heterocycles. The summed E-state index contributed by atoms with van der Waals surface area (Å²) in [6.45, 7) is 3.81. The van der Waals surface area contributed by atoms with Crippen LogP contribution in [-0.2, 0) is 6.54 Å². The Morgan fingerprint density at radius 1 is 1.48 bits per heavy atom. The van der Waals surface area contributed by atoms with Gasteiger partial charge in [0.25, 0.3) is 5.89 Å². The molecule has 5 nitrogen and oxygen atoms in total. The third-order valence-corrected chi connectivity index (χ3v) is 5.47. The van der Waals surface area contributed by atoms with Crippen molar-refractivity contribution in [1.29, 1.82) is 0 Å². The highest BCUT2D eigenvalue weighted by atomic mass is 79.9. The molecule has 114 valence electrons. The third-order valence-electron chi connectivity index (χ3n) is 3.86. The van der Waals surface area contributed by atoms with Crippen LogP contribution in [0.1, 0.15) is 32.1 Å². The van der Waals surface area contributed by atoms with E-state index in [2.05, 4.69) is 38.0 Å². The second-order valence-electron chi connectivity index (χ2n) is 5.50. The van der Waals surface area contributed by atoms with Crippen molar-refractivity contribution in [3.8, 4) is 10.8 Å². The summed E-state index contributed by atoms with van der Waals surface area (Å²) < 4.78 is 6.86. The molecule has 0 bridgehead atoms. The van der Waals surface area contributed by atoms with Crippen LogP contribution in [0.5, 0.6) is 0 Å². The number of nitrogens with zero attached hydrogens (tertiary/aromatic N) is 3. The van der Waals surface area contributed by atoms with Crippen molar-refractivity contribution in [2.24, 2.45) is 5.73 Å². The second-order valence-corrected chi connectivity index (χ2v) is 7.96. The van der Waals surface area contributed by atoms with Crippen LogP contribution in [0.2, 0.25) is 0 Å². The van der Waals surface area contributed by atoms with Gasteiger partial charge in [-0.2, -0.15) is 0 Å². The Bertz CT molecular complexity index is 597. The molecule has 0 radical (unpaired) electrons. The Labute approximate surface area is 136 Å². The molecule has 1 aliphatic heterocycles. The predicted molar refractivity (Wildman–Crippen MR) is 87.0 cm³/mol. The van der Waals surface area contributed by atoms with Gasteiger partial charge in [0.2, 0.25) is 5.89 Å². The maximum atomic E-state index is 6.10. The normalized spacial score (nSPS) is 21.6. The lowest BCUT2D eigenvalue weighted by molar-refractivity contribution is 0.112. The SMILES string of the molecule is CC(N)C1CCCCN1Cc1nnc(-c2ccc(Br)s2)o1. The Balaban J connectivity index is 1.71. The van der Waals surface area contributed by atoms with Crippen molar-refractivity contribution < 1.29 is 4.42 Å². The fraction of sp³-hybridized carbons (Fsp3) is 0.571. The van der Waals surface area contributed by atoms with E-state index in [0.29, 0.717) is 24.4 Å². The maximum Gasteiger partial charge on any atom is 0.257 e. The minimum atomic E-state index is 0.168. The highest BCUT2D eigenvalue weighted by Crippen LogP contribution is 2.30. The molecule has 21 heavy (non-hydrogen) atoms. The fourth-order valence-corrected chi connectivity index (χ4v) is 4.14. The van der Waals surface area contributed by atoms with Crippen LogP contribution in [0.15, 0.2) is 20.3 Å². The van der Waals surface area contributed by atoms with Crippen molar-refractivity contribution in [2.75, 3.05) is 6.54 Å². The number of aromatic nitrogens is 2. The minimum absolute atomic E-state index is 0.168. The molecule has 2 N–H and O–H groups in total. The summed E-state index contributed by atoms with van der Waals surface area (Å²) in [4.78, 5) is 3.36. The van der Waals surface area contributed by atoms with E-state index < -0.39 is 0 Å². The molecule has 0 saturated carbocycles. The summed E-state index contributed by atoms with van der Waals surface area (Å²) in [5.41, 5.74) is 6.10. The van der Waals surface area contributed by atoms with E-state index in [9.17, 15) is 0 Å². The van der Waals surface area contributed by atoms with Crippen LogP contribution >= 0.6 is 27.3 Å². The quantitative estimate of drug-likeness (QED) is 0.894. The third kappa shape index (κ3) is 3.53. The highest BCUT2D eigenvalue weighted by molar-refractivity contribution is 9.11. The number of hydrogen-bond donors (Lipinski definition) is 1. The average Bonchev–Trinajstić information content (AvgIpc) is 3.08. The highest BCUT2D eigenvalue weighted by Gasteiger charge is 2.27. The van der Waals surface area contributed by atoms with Gasteiger partial charge in [-0.3, -0.25) is 4.90 Å². The number of halogens is 1. The number of piperidine rings is 1. The summed E-state index contributed by atoms with van der Waals surface area (Å²) in [5, 5.41) is 8.33. The number of hydrogen-bond acceptors (Lipinski definition) is 6. The first kappa shape index (κ1) is 15.1. The zero-order chi connectivity index (χ0) is 14.8. The van der Waals surface area contributed by atoms with Gasteiger partial charge in [-0.25, -0.2) is 0 Å². The lowest BCUT2D eigenvalue weighted by Crippen LogP contribution is -2.48. The first-order valence-electron chi connectivity index (χ1n) is 7.21. The van der Waals surface area contributed by atoms with Gasteiger partial charge in [-0.05, 0) is 54.4 Å². The standard InChI is InChI=1S/C14H19BrN4OS/c1-9(16)10-4-2-3-7-19(10)8-13-17-18-14(20-13)11-5-6-12(15)21-11/h5-6,9-10H,2-4,7-8,16H2,1H3. The molecule has 2 aromatic heterocycles. The summed E-state index contributed by atoms with van der Waals surface area (Å²) in [6.07, 6.45) is 3.61. The van der Waals surface area contributed by atoms with Crippen LogP contribution in [0.4, 0.5) is 0 Å².